The highest BCUT2D eigenvalue weighted by Crippen LogP contribution is 2.30. The van der Waals surface area contributed by atoms with Gasteiger partial charge in [0.05, 0.1) is 17.6 Å². The van der Waals surface area contributed by atoms with E-state index in [4.69, 9.17) is 5.11 Å². The average Bonchev–Trinajstić information content (AvgIpc) is 2.35. The minimum Gasteiger partial charge on any atom is -0.465 e. The molecule has 0 aliphatic carbocycles. The maximum atomic E-state index is 11.5. The van der Waals surface area contributed by atoms with Crippen LogP contribution in [0.1, 0.15) is 28.8 Å². The van der Waals surface area contributed by atoms with E-state index < -0.39 is 16.8 Å². The number of ether oxygens (including phenoxy) is 1. The lowest BCUT2D eigenvalue weighted by Gasteiger charge is -2.12. The van der Waals surface area contributed by atoms with Crippen LogP contribution in [0.15, 0.2) is 18.2 Å². The number of nitro benzene ring substituents is 1. The molecule has 1 atom stereocenters. The number of benzene rings is 1. The molecule has 17 heavy (non-hydrogen) atoms. The van der Waals surface area contributed by atoms with Crippen LogP contribution in [0.3, 0.4) is 0 Å². The summed E-state index contributed by atoms with van der Waals surface area (Å²) in [6, 6.07) is 4.16. The molecule has 0 amide bonds. The first-order valence-corrected chi connectivity index (χ1v) is 4.99. The molecule has 1 aromatic rings. The van der Waals surface area contributed by atoms with E-state index in [9.17, 15) is 14.9 Å². The van der Waals surface area contributed by atoms with Gasteiger partial charge in [-0.25, -0.2) is 4.79 Å². The molecular formula is C11H13NO5. The highest BCUT2D eigenvalue weighted by Gasteiger charge is 2.25. The van der Waals surface area contributed by atoms with Gasteiger partial charge in [-0.15, -0.1) is 0 Å². The van der Waals surface area contributed by atoms with Crippen LogP contribution in [0.2, 0.25) is 0 Å². The zero-order chi connectivity index (χ0) is 13.0. The van der Waals surface area contributed by atoms with E-state index in [1.165, 1.54) is 25.3 Å². The Labute approximate surface area is 98.0 Å². The van der Waals surface area contributed by atoms with E-state index in [2.05, 4.69) is 4.74 Å². The van der Waals surface area contributed by atoms with Crippen LogP contribution in [-0.4, -0.2) is 29.7 Å². The molecule has 6 nitrogen and oxygen atoms in total. The molecule has 0 aromatic heterocycles. The second-order valence-corrected chi connectivity index (χ2v) is 3.57. The molecule has 0 saturated heterocycles. The standard InChI is InChI=1S/C11H13NO5/c1-7(6-13)10-8(11(14)17-2)4-3-5-9(10)12(15)16/h3-5,7,13H,6H2,1-2H3. The molecule has 1 rings (SSSR count). The quantitative estimate of drug-likeness (QED) is 0.488. The van der Waals surface area contributed by atoms with Gasteiger partial charge in [0.1, 0.15) is 0 Å². The maximum Gasteiger partial charge on any atom is 0.338 e. The van der Waals surface area contributed by atoms with Crippen molar-refractivity contribution in [1.82, 2.24) is 0 Å². The summed E-state index contributed by atoms with van der Waals surface area (Å²) >= 11 is 0. The van der Waals surface area contributed by atoms with E-state index in [0.29, 0.717) is 0 Å². The van der Waals surface area contributed by atoms with E-state index in [-0.39, 0.29) is 23.4 Å². The predicted molar refractivity (Wildman–Crippen MR) is 59.9 cm³/mol. The molecule has 0 spiro atoms. The fourth-order valence-electron chi connectivity index (χ4n) is 1.61. The molecule has 0 aliphatic rings. The molecule has 0 fully saturated rings. The van der Waals surface area contributed by atoms with Crippen LogP contribution in [0.5, 0.6) is 0 Å². The predicted octanol–water partition coefficient (Wildman–Crippen LogP) is 1.48. The largest absolute Gasteiger partial charge is 0.465 e. The smallest absolute Gasteiger partial charge is 0.338 e. The summed E-state index contributed by atoms with van der Waals surface area (Å²) in [6.45, 7) is 1.32. The summed E-state index contributed by atoms with van der Waals surface area (Å²) in [5.41, 5.74) is 0.129. The Morgan fingerprint density at radius 3 is 2.71 bits per heavy atom. The summed E-state index contributed by atoms with van der Waals surface area (Å²) in [5.74, 6) is -1.16. The summed E-state index contributed by atoms with van der Waals surface area (Å²) in [6.07, 6.45) is 0. The summed E-state index contributed by atoms with van der Waals surface area (Å²) in [4.78, 5) is 21.8. The number of hydrogen-bond acceptors (Lipinski definition) is 5. The molecule has 0 heterocycles. The van der Waals surface area contributed by atoms with Gasteiger partial charge in [0.15, 0.2) is 0 Å². The van der Waals surface area contributed by atoms with Gasteiger partial charge in [-0.1, -0.05) is 13.0 Å². The van der Waals surface area contributed by atoms with Gasteiger partial charge < -0.3 is 9.84 Å². The van der Waals surface area contributed by atoms with Gasteiger partial charge in [-0.3, -0.25) is 10.1 Å². The van der Waals surface area contributed by atoms with E-state index in [0.717, 1.165) is 0 Å². The van der Waals surface area contributed by atoms with Gasteiger partial charge in [0.25, 0.3) is 5.69 Å². The van der Waals surface area contributed by atoms with Crippen LogP contribution in [0, 0.1) is 10.1 Å². The summed E-state index contributed by atoms with van der Waals surface area (Å²) < 4.78 is 4.56. The minimum atomic E-state index is -0.649. The number of carbonyl (C=O) groups is 1. The van der Waals surface area contributed by atoms with Crippen molar-refractivity contribution in [2.75, 3.05) is 13.7 Å². The SMILES string of the molecule is COC(=O)c1cccc([N+](=O)[O-])c1C(C)CO. The molecule has 0 bridgehead atoms. The second kappa shape index (κ2) is 5.40. The fraction of sp³-hybridized carbons (Fsp3) is 0.364. The van der Waals surface area contributed by atoms with Crippen molar-refractivity contribution >= 4 is 11.7 Å². The lowest BCUT2D eigenvalue weighted by atomic mass is 9.94. The van der Waals surface area contributed by atoms with Crippen LogP contribution in [0.25, 0.3) is 0 Å². The van der Waals surface area contributed by atoms with E-state index in [1.54, 1.807) is 6.92 Å². The fourth-order valence-corrected chi connectivity index (χ4v) is 1.61. The molecule has 1 unspecified atom stereocenters. The Morgan fingerprint density at radius 1 is 1.59 bits per heavy atom. The number of methoxy groups -OCH3 is 1. The Morgan fingerprint density at radius 2 is 2.24 bits per heavy atom. The van der Waals surface area contributed by atoms with Crippen molar-refractivity contribution in [3.63, 3.8) is 0 Å². The Balaban J connectivity index is 3.44. The number of aliphatic hydroxyl groups is 1. The average molecular weight is 239 g/mol. The van der Waals surface area contributed by atoms with Crippen molar-refractivity contribution in [3.05, 3.63) is 39.4 Å². The third kappa shape index (κ3) is 2.59. The molecule has 0 radical (unpaired) electrons. The van der Waals surface area contributed by atoms with Crippen molar-refractivity contribution < 1.29 is 19.6 Å². The lowest BCUT2D eigenvalue weighted by molar-refractivity contribution is -0.385. The molecule has 1 aromatic carbocycles. The molecular weight excluding hydrogens is 226 g/mol. The maximum absolute atomic E-state index is 11.5. The van der Waals surface area contributed by atoms with Crippen molar-refractivity contribution in [1.29, 1.82) is 0 Å². The lowest BCUT2D eigenvalue weighted by Crippen LogP contribution is -2.12. The van der Waals surface area contributed by atoms with Gasteiger partial charge >= 0.3 is 5.97 Å². The Bertz CT molecular complexity index is 443. The molecule has 0 aliphatic heterocycles. The molecule has 92 valence electrons. The highest BCUT2D eigenvalue weighted by molar-refractivity contribution is 5.92. The van der Waals surface area contributed by atoms with Crippen LogP contribution >= 0.6 is 0 Å². The highest BCUT2D eigenvalue weighted by atomic mass is 16.6. The number of esters is 1. The number of nitro groups is 1. The van der Waals surface area contributed by atoms with Crippen molar-refractivity contribution in [2.45, 2.75) is 12.8 Å². The zero-order valence-electron chi connectivity index (χ0n) is 9.54. The first-order chi connectivity index (χ1) is 8.02. The molecule has 6 heteroatoms. The topological polar surface area (TPSA) is 89.7 Å². The number of aliphatic hydroxyl groups excluding tert-OH is 1. The number of hydrogen-bond donors (Lipinski definition) is 1. The Kier molecular flexibility index (Phi) is 4.17. The third-order valence-corrected chi connectivity index (χ3v) is 2.45. The van der Waals surface area contributed by atoms with Crippen molar-refractivity contribution in [3.8, 4) is 0 Å². The van der Waals surface area contributed by atoms with Crippen LogP contribution in [-0.2, 0) is 4.74 Å². The first-order valence-electron chi connectivity index (χ1n) is 4.99. The van der Waals surface area contributed by atoms with E-state index in [1.807, 2.05) is 0 Å². The summed E-state index contributed by atoms with van der Waals surface area (Å²) in [5, 5.41) is 20.0. The number of carbonyl (C=O) groups excluding carboxylic acids is 1. The number of nitrogens with zero attached hydrogens (tertiary/aromatic N) is 1. The monoisotopic (exact) mass is 239 g/mol. The Hall–Kier alpha value is -1.95. The first kappa shape index (κ1) is 13.1. The van der Waals surface area contributed by atoms with Crippen LogP contribution in [0.4, 0.5) is 5.69 Å². The zero-order valence-corrected chi connectivity index (χ0v) is 9.54. The van der Waals surface area contributed by atoms with Gasteiger partial charge in [0.2, 0.25) is 0 Å². The van der Waals surface area contributed by atoms with Gasteiger partial charge in [-0.05, 0) is 6.07 Å². The van der Waals surface area contributed by atoms with Crippen LogP contribution < -0.4 is 0 Å². The molecule has 1 N–H and O–H groups in total. The van der Waals surface area contributed by atoms with Gasteiger partial charge in [-0.2, -0.15) is 0 Å². The van der Waals surface area contributed by atoms with Crippen molar-refractivity contribution in [2.24, 2.45) is 0 Å². The van der Waals surface area contributed by atoms with Gasteiger partial charge in [0, 0.05) is 24.2 Å². The molecule has 0 saturated carbocycles. The summed E-state index contributed by atoms with van der Waals surface area (Å²) in [7, 11) is 1.20. The second-order valence-electron chi connectivity index (χ2n) is 3.57. The third-order valence-electron chi connectivity index (χ3n) is 2.45. The van der Waals surface area contributed by atoms with E-state index >= 15 is 0 Å². The number of rotatable bonds is 4. The normalized spacial score (nSPS) is 11.9. The minimum absolute atomic E-state index is 0.114.